The van der Waals surface area contributed by atoms with Gasteiger partial charge in [-0.15, -0.1) is 0 Å². The van der Waals surface area contributed by atoms with E-state index in [-0.39, 0.29) is 5.78 Å². The molecule has 0 fully saturated rings. The van der Waals surface area contributed by atoms with Gasteiger partial charge in [0.2, 0.25) is 0 Å². The summed E-state index contributed by atoms with van der Waals surface area (Å²) in [7, 11) is 1.64. The fourth-order valence-electron chi connectivity index (χ4n) is 1.64. The molecule has 0 saturated heterocycles. The quantitative estimate of drug-likeness (QED) is 0.782. The van der Waals surface area contributed by atoms with E-state index in [2.05, 4.69) is 13.0 Å². The maximum absolute atomic E-state index is 11.7. The van der Waals surface area contributed by atoms with Gasteiger partial charge in [0, 0.05) is 5.56 Å². The van der Waals surface area contributed by atoms with Crippen LogP contribution >= 0.6 is 0 Å². The van der Waals surface area contributed by atoms with Gasteiger partial charge in [-0.2, -0.15) is 0 Å². The summed E-state index contributed by atoms with van der Waals surface area (Å²) < 4.78 is 5.37. The number of hydrogen-bond acceptors (Lipinski definition) is 2. The molecule has 0 aromatic heterocycles. The van der Waals surface area contributed by atoms with Crippen LogP contribution < -0.4 is 4.74 Å². The highest BCUT2D eigenvalue weighted by Crippen LogP contribution is 2.34. The molecule has 2 nitrogen and oxygen atoms in total. The van der Waals surface area contributed by atoms with Gasteiger partial charge >= 0.3 is 0 Å². The summed E-state index contributed by atoms with van der Waals surface area (Å²) in [6.45, 7) is 9.58. The van der Waals surface area contributed by atoms with E-state index in [9.17, 15) is 4.79 Å². The van der Waals surface area contributed by atoms with E-state index in [1.165, 1.54) is 11.1 Å². The van der Waals surface area contributed by atoms with Crippen LogP contribution in [0.1, 0.15) is 37.5 Å². The Morgan fingerprint density at radius 2 is 1.69 bits per heavy atom. The van der Waals surface area contributed by atoms with Crippen LogP contribution in [0.15, 0.2) is 12.1 Å². The molecule has 0 aliphatic carbocycles. The topological polar surface area (TPSA) is 26.3 Å². The van der Waals surface area contributed by atoms with Crippen molar-refractivity contribution in [3.05, 3.63) is 28.8 Å². The van der Waals surface area contributed by atoms with Crippen LogP contribution in [0.2, 0.25) is 0 Å². The highest BCUT2D eigenvalue weighted by Gasteiger charge is 2.29. The Bertz CT molecular complexity index is 417. The standard InChI is InChI=1S/C14H20O2/c1-9-7-12(14(4,5)11(3)15)13(16-6)8-10(9)2/h7-8H,1-6H3. The number of benzene rings is 1. The second kappa shape index (κ2) is 4.28. The molecule has 16 heavy (non-hydrogen) atoms. The van der Waals surface area contributed by atoms with E-state index < -0.39 is 5.41 Å². The van der Waals surface area contributed by atoms with Crippen molar-refractivity contribution in [2.75, 3.05) is 7.11 Å². The van der Waals surface area contributed by atoms with Crippen LogP contribution in [0.3, 0.4) is 0 Å². The zero-order chi connectivity index (χ0) is 12.5. The number of methoxy groups -OCH3 is 1. The molecule has 0 aliphatic rings. The van der Waals surface area contributed by atoms with Crippen LogP contribution in [-0.2, 0) is 10.2 Å². The van der Waals surface area contributed by atoms with Crippen molar-refractivity contribution in [1.29, 1.82) is 0 Å². The zero-order valence-electron chi connectivity index (χ0n) is 11.0. The van der Waals surface area contributed by atoms with Gasteiger partial charge < -0.3 is 4.74 Å². The molecule has 0 unspecified atom stereocenters. The molecular formula is C14H20O2. The Morgan fingerprint density at radius 3 is 2.12 bits per heavy atom. The first kappa shape index (κ1) is 12.8. The molecule has 0 saturated carbocycles. The van der Waals surface area contributed by atoms with Gasteiger partial charge in [0.15, 0.2) is 0 Å². The first-order chi connectivity index (χ1) is 7.30. The van der Waals surface area contributed by atoms with Crippen molar-refractivity contribution >= 4 is 5.78 Å². The lowest BCUT2D eigenvalue weighted by Gasteiger charge is -2.25. The summed E-state index contributed by atoms with van der Waals surface area (Å²) in [4.78, 5) is 11.7. The van der Waals surface area contributed by atoms with Crippen LogP contribution in [0.5, 0.6) is 5.75 Å². The molecule has 1 aromatic carbocycles. The Labute approximate surface area is 97.6 Å². The van der Waals surface area contributed by atoms with Gasteiger partial charge in [0.1, 0.15) is 11.5 Å². The summed E-state index contributed by atoms with van der Waals surface area (Å²) in [5.74, 6) is 0.942. The molecule has 0 spiro atoms. The molecule has 0 radical (unpaired) electrons. The Balaban J connectivity index is 3.43. The number of carbonyl (C=O) groups is 1. The summed E-state index contributed by atoms with van der Waals surface area (Å²) in [6.07, 6.45) is 0. The Kier molecular flexibility index (Phi) is 3.41. The maximum atomic E-state index is 11.7. The number of Topliss-reactive ketones (excluding diaryl/α,β-unsaturated/α-hetero) is 1. The second-order valence-corrected chi connectivity index (χ2v) is 4.82. The van der Waals surface area contributed by atoms with E-state index in [1.807, 2.05) is 26.8 Å². The van der Waals surface area contributed by atoms with Crippen LogP contribution in [-0.4, -0.2) is 12.9 Å². The molecule has 88 valence electrons. The van der Waals surface area contributed by atoms with Gasteiger partial charge in [0.05, 0.1) is 12.5 Å². The predicted molar refractivity (Wildman–Crippen MR) is 66.2 cm³/mol. The average molecular weight is 220 g/mol. The minimum atomic E-state index is -0.496. The number of hydrogen-bond donors (Lipinski definition) is 0. The lowest BCUT2D eigenvalue weighted by Crippen LogP contribution is -2.27. The van der Waals surface area contributed by atoms with Gasteiger partial charge in [-0.25, -0.2) is 0 Å². The number of carbonyl (C=O) groups excluding carboxylic acids is 1. The fraction of sp³-hybridized carbons (Fsp3) is 0.500. The van der Waals surface area contributed by atoms with Gasteiger partial charge in [-0.3, -0.25) is 4.79 Å². The van der Waals surface area contributed by atoms with Crippen molar-refractivity contribution in [1.82, 2.24) is 0 Å². The molecule has 0 bridgehead atoms. The highest BCUT2D eigenvalue weighted by atomic mass is 16.5. The van der Waals surface area contributed by atoms with Crippen molar-refractivity contribution in [2.24, 2.45) is 0 Å². The van der Waals surface area contributed by atoms with Gasteiger partial charge in [-0.05, 0) is 51.8 Å². The first-order valence-electron chi connectivity index (χ1n) is 5.47. The molecular weight excluding hydrogens is 200 g/mol. The molecule has 0 amide bonds. The fourth-order valence-corrected chi connectivity index (χ4v) is 1.64. The van der Waals surface area contributed by atoms with Gasteiger partial charge in [-0.1, -0.05) is 6.07 Å². The molecule has 0 heterocycles. The van der Waals surface area contributed by atoms with Gasteiger partial charge in [0.25, 0.3) is 0 Å². The first-order valence-corrected chi connectivity index (χ1v) is 5.47. The minimum Gasteiger partial charge on any atom is -0.496 e. The third-order valence-corrected chi connectivity index (χ3v) is 3.37. The summed E-state index contributed by atoms with van der Waals surface area (Å²) in [5, 5.41) is 0. The molecule has 1 rings (SSSR count). The normalized spacial score (nSPS) is 11.4. The van der Waals surface area contributed by atoms with Crippen LogP contribution in [0.25, 0.3) is 0 Å². The SMILES string of the molecule is COc1cc(C)c(C)cc1C(C)(C)C(C)=O. The van der Waals surface area contributed by atoms with E-state index in [0.29, 0.717) is 0 Å². The van der Waals surface area contributed by atoms with Crippen LogP contribution in [0, 0.1) is 13.8 Å². The number of rotatable bonds is 3. The third-order valence-electron chi connectivity index (χ3n) is 3.37. The second-order valence-electron chi connectivity index (χ2n) is 4.82. The summed E-state index contributed by atoms with van der Waals surface area (Å²) >= 11 is 0. The van der Waals surface area contributed by atoms with Crippen LogP contribution in [0.4, 0.5) is 0 Å². The molecule has 0 N–H and O–H groups in total. The molecule has 2 heteroatoms. The van der Waals surface area contributed by atoms with Crippen molar-refractivity contribution < 1.29 is 9.53 Å². The Morgan fingerprint density at radius 1 is 1.19 bits per heavy atom. The lowest BCUT2D eigenvalue weighted by atomic mass is 9.79. The molecule has 0 aliphatic heterocycles. The van der Waals surface area contributed by atoms with E-state index in [1.54, 1.807) is 14.0 Å². The summed E-state index contributed by atoms with van der Waals surface area (Å²) in [6, 6.07) is 4.05. The predicted octanol–water partition coefficient (Wildman–Crippen LogP) is 3.18. The number of ether oxygens (including phenoxy) is 1. The van der Waals surface area contributed by atoms with E-state index in [0.717, 1.165) is 11.3 Å². The van der Waals surface area contributed by atoms with E-state index >= 15 is 0 Å². The van der Waals surface area contributed by atoms with Crippen molar-refractivity contribution in [3.8, 4) is 5.75 Å². The highest BCUT2D eigenvalue weighted by molar-refractivity contribution is 5.88. The third kappa shape index (κ3) is 2.11. The minimum absolute atomic E-state index is 0.147. The largest absolute Gasteiger partial charge is 0.496 e. The zero-order valence-corrected chi connectivity index (χ0v) is 11.0. The monoisotopic (exact) mass is 220 g/mol. The number of ketones is 1. The smallest absolute Gasteiger partial charge is 0.139 e. The summed E-state index contributed by atoms with van der Waals surface area (Å²) in [5.41, 5.74) is 2.83. The number of aryl methyl sites for hydroxylation is 2. The Hall–Kier alpha value is -1.31. The lowest BCUT2D eigenvalue weighted by molar-refractivity contribution is -0.121. The van der Waals surface area contributed by atoms with Crippen molar-refractivity contribution in [2.45, 2.75) is 40.0 Å². The van der Waals surface area contributed by atoms with E-state index in [4.69, 9.17) is 4.74 Å². The maximum Gasteiger partial charge on any atom is 0.139 e. The molecule has 1 aromatic rings. The van der Waals surface area contributed by atoms with Crippen molar-refractivity contribution in [3.63, 3.8) is 0 Å². The average Bonchev–Trinajstić information content (AvgIpc) is 2.20. The molecule has 0 atom stereocenters.